The van der Waals surface area contributed by atoms with Gasteiger partial charge in [0, 0.05) is 25.1 Å². The third-order valence-corrected chi connectivity index (χ3v) is 6.52. The average molecular weight is 366 g/mol. The first kappa shape index (κ1) is 16.2. The molecule has 0 amide bonds. The molecule has 5 heteroatoms. The Morgan fingerprint density at radius 1 is 1.00 bits per heavy atom. The summed E-state index contributed by atoms with van der Waals surface area (Å²) in [5.74, 6) is 2.64. The van der Waals surface area contributed by atoms with Gasteiger partial charge in [-0.2, -0.15) is 0 Å². The molecule has 2 fully saturated rings. The zero-order chi connectivity index (χ0) is 17.3. The number of nitrogens with zero attached hydrogens (tertiary/aromatic N) is 3. The molecule has 134 valence electrons. The van der Waals surface area contributed by atoms with Crippen molar-refractivity contribution in [3.63, 3.8) is 0 Å². The van der Waals surface area contributed by atoms with Crippen LogP contribution in [-0.2, 0) is 4.74 Å². The average Bonchev–Trinajstić information content (AvgIpc) is 3.41. The van der Waals surface area contributed by atoms with Crippen LogP contribution in [0.25, 0.3) is 21.6 Å². The Labute approximate surface area is 157 Å². The van der Waals surface area contributed by atoms with Gasteiger partial charge in [-0.05, 0) is 55.2 Å². The molecule has 1 unspecified atom stereocenters. The summed E-state index contributed by atoms with van der Waals surface area (Å²) in [5.41, 5.74) is 1.03. The monoisotopic (exact) mass is 365 g/mol. The Bertz CT molecular complexity index is 881. The number of aromatic nitrogens is 2. The van der Waals surface area contributed by atoms with Crippen LogP contribution >= 0.6 is 11.3 Å². The second-order valence-electron chi connectivity index (χ2n) is 7.24. The Kier molecular flexibility index (Phi) is 4.35. The maximum atomic E-state index is 5.93. The van der Waals surface area contributed by atoms with Gasteiger partial charge in [0.2, 0.25) is 0 Å². The Hall–Kier alpha value is -1.98. The molecule has 0 N–H and O–H groups in total. The number of rotatable bonds is 3. The Morgan fingerprint density at radius 3 is 2.65 bits per heavy atom. The van der Waals surface area contributed by atoms with Gasteiger partial charge in [0.15, 0.2) is 5.82 Å². The zero-order valence-electron chi connectivity index (χ0n) is 14.8. The fourth-order valence-corrected chi connectivity index (χ4v) is 4.93. The molecule has 26 heavy (non-hydrogen) atoms. The van der Waals surface area contributed by atoms with Crippen molar-refractivity contribution in [2.45, 2.75) is 31.8 Å². The second-order valence-corrected chi connectivity index (χ2v) is 8.19. The van der Waals surface area contributed by atoms with Crippen LogP contribution in [0.5, 0.6) is 0 Å². The number of piperidine rings is 1. The molecule has 0 aliphatic carbocycles. The minimum Gasteiger partial charge on any atom is -0.378 e. The fraction of sp³-hybridized carbons (Fsp3) is 0.429. The zero-order valence-corrected chi connectivity index (χ0v) is 15.6. The van der Waals surface area contributed by atoms with Crippen molar-refractivity contribution >= 4 is 28.1 Å². The van der Waals surface area contributed by atoms with Crippen LogP contribution in [0, 0.1) is 5.92 Å². The molecular weight excluding hydrogens is 342 g/mol. The highest BCUT2D eigenvalue weighted by atomic mass is 32.1. The molecule has 2 saturated heterocycles. The molecule has 4 heterocycles. The third-order valence-electron chi connectivity index (χ3n) is 5.65. The van der Waals surface area contributed by atoms with Crippen molar-refractivity contribution in [1.82, 2.24) is 9.97 Å². The fourth-order valence-electron chi connectivity index (χ4n) is 4.27. The third kappa shape index (κ3) is 2.99. The van der Waals surface area contributed by atoms with E-state index in [9.17, 15) is 0 Å². The Balaban J connectivity index is 1.46. The molecule has 2 aliphatic heterocycles. The van der Waals surface area contributed by atoms with Gasteiger partial charge in [-0.15, -0.1) is 11.3 Å². The van der Waals surface area contributed by atoms with Gasteiger partial charge in [-0.1, -0.05) is 18.2 Å². The van der Waals surface area contributed by atoms with E-state index in [2.05, 4.69) is 46.7 Å². The molecule has 3 aromatic rings. The molecule has 2 aromatic heterocycles. The molecule has 0 radical (unpaired) electrons. The normalized spacial score (nSPS) is 21.5. The molecule has 1 aromatic carbocycles. The number of ether oxygens (including phenoxy) is 1. The first-order chi connectivity index (χ1) is 12.9. The van der Waals surface area contributed by atoms with Crippen LogP contribution in [0.15, 0.2) is 41.8 Å². The number of fused-ring (bicyclic) bond motifs is 1. The lowest BCUT2D eigenvalue weighted by molar-refractivity contribution is 0.0531. The molecule has 0 saturated carbocycles. The lowest BCUT2D eigenvalue weighted by atomic mass is 9.90. The van der Waals surface area contributed by atoms with Crippen LogP contribution in [0.4, 0.5) is 5.82 Å². The van der Waals surface area contributed by atoms with Crippen LogP contribution in [0.1, 0.15) is 25.7 Å². The van der Waals surface area contributed by atoms with Crippen LogP contribution < -0.4 is 4.90 Å². The van der Waals surface area contributed by atoms with Gasteiger partial charge in [0.05, 0.1) is 16.5 Å². The second kappa shape index (κ2) is 6.97. The summed E-state index contributed by atoms with van der Waals surface area (Å²) >= 11 is 1.70. The maximum absolute atomic E-state index is 5.93. The largest absolute Gasteiger partial charge is 0.378 e. The molecular formula is C21H23N3OS. The summed E-state index contributed by atoms with van der Waals surface area (Å²) < 4.78 is 5.93. The predicted octanol–water partition coefficient (Wildman–Crippen LogP) is 4.75. The van der Waals surface area contributed by atoms with Gasteiger partial charge in [-0.25, -0.2) is 9.97 Å². The van der Waals surface area contributed by atoms with E-state index in [-0.39, 0.29) is 0 Å². The maximum Gasteiger partial charge on any atom is 0.172 e. The van der Waals surface area contributed by atoms with Gasteiger partial charge in [-0.3, -0.25) is 0 Å². The van der Waals surface area contributed by atoms with E-state index in [1.54, 1.807) is 11.3 Å². The number of benzene rings is 1. The first-order valence-corrected chi connectivity index (χ1v) is 10.4. The SMILES string of the molecule is c1csc(-c2nc(N3CCC(C4CCCO4)CC3)c3ccccc3n2)c1. The summed E-state index contributed by atoms with van der Waals surface area (Å²) in [6.07, 6.45) is 5.34. The van der Waals surface area contributed by atoms with E-state index in [4.69, 9.17) is 14.7 Å². The molecule has 0 bridgehead atoms. The quantitative estimate of drug-likeness (QED) is 0.671. The van der Waals surface area contributed by atoms with Crippen molar-refractivity contribution < 1.29 is 4.74 Å². The minimum absolute atomic E-state index is 0.487. The van der Waals surface area contributed by atoms with Crippen molar-refractivity contribution in [1.29, 1.82) is 0 Å². The van der Waals surface area contributed by atoms with E-state index in [1.807, 2.05) is 0 Å². The van der Waals surface area contributed by atoms with Crippen LogP contribution in [-0.4, -0.2) is 35.8 Å². The van der Waals surface area contributed by atoms with Gasteiger partial charge in [0.1, 0.15) is 5.82 Å². The van der Waals surface area contributed by atoms with Crippen LogP contribution in [0.2, 0.25) is 0 Å². The number of thiophene rings is 1. The lowest BCUT2D eigenvalue weighted by Gasteiger charge is -2.35. The number of hydrogen-bond donors (Lipinski definition) is 0. The van der Waals surface area contributed by atoms with Gasteiger partial charge in [0.25, 0.3) is 0 Å². The summed E-state index contributed by atoms with van der Waals surface area (Å²) in [6.45, 7) is 3.05. The van der Waals surface area contributed by atoms with Crippen molar-refractivity contribution in [3.8, 4) is 10.7 Å². The van der Waals surface area contributed by atoms with Gasteiger partial charge < -0.3 is 9.64 Å². The molecule has 1 atom stereocenters. The van der Waals surface area contributed by atoms with Crippen molar-refractivity contribution in [3.05, 3.63) is 41.8 Å². The number of para-hydroxylation sites is 1. The summed E-state index contributed by atoms with van der Waals surface area (Å²) in [6, 6.07) is 12.5. The van der Waals surface area contributed by atoms with E-state index in [1.165, 1.54) is 25.7 Å². The smallest absolute Gasteiger partial charge is 0.172 e. The first-order valence-electron chi connectivity index (χ1n) is 9.56. The van der Waals surface area contributed by atoms with Gasteiger partial charge >= 0.3 is 0 Å². The standard InChI is InChI=1S/C21H23N3OS/c1-2-6-17-16(5-1)21(23-20(22-17)19-8-4-14-26-19)24-11-9-15(10-12-24)18-7-3-13-25-18/h1-2,4-6,8,14-15,18H,3,7,9-13H2. The number of hydrogen-bond acceptors (Lipinski definition) is 5. The van der Waals surface area contributed by atoms with Crippen molar-refractivity contribution in [2.24, 2.45) is 5.92 Å². The highest BCUT2D eigenvalue weighted by Gasteiger charge is 2.30. The van der Waals surface area contributed by atoms with E-state index >= 15 is 0 Å². The summed E-state index contributed by atoms with van der Waals surface area (Å²) in [5, 5.41) is 3.24. The van der Waals surface area contributed by atoms with E-state index in [0.29, 0.717) is 12.0 Å². The molecule has 0 spiro atoms. The molecule has 2 aliphatic rings. The number of anilines is 1. The molecule has 4 nitrogen and oxygen atoms in total. The molecule has 5 rings (SSSR count). The highest BCUT2D eigenvalue weighted by molar-refractivity contribution is 7.13. The summed E-state index contributed by atoms with van der Waals surface area (Å²) in [7, 11) is 0. The Morgan fingerprint density at radius 2 is 1.88 bits per heavy atom. The minimum atomic E-state index is 0.487. The predicted molar refractivity (Wildman–Crippen MR) is 107 cm³/mol. The lowest BCUT2D eigenvalue weighted by Crippen LogP contribution is -2.38. The van der Waals surface area contributed by atoms with Crippen molar-refractivity contribution in [2.75, 3.05) is 24.6 Å². The highest BCUT2D eigenvalue weighted by Crippen LogP contribution is 2.34. The summed E-state index contributed by atoms with van der Waals surface area (Å²) in [4.78, 5) is 13.4. The van der Waals surface area contributed by atoms with E-state index in [0.717, 1.165) is 47.1 Å². The van der Waals surface area contributed by atoms with E-state index < -0.39 is 0 Å². The topological polar surface area (TPSA) is 38.2 Å². The van der Waals surface area contributed by atoms with Crippen LogP contribution in [0.3, 0.4) is 0 Å².